The molecule has 5 N–H and O–H groups in total. The van der Waals surface area contributed by atoms with Crippen LogP contribution in [0.1, 0.15) is 6.42 Å². The van der Waals surface area contributed by atoms with Gasteiger partial charge in [-0.3, -0.25) is 0 Å². The van der Waals surface area contributed by atoms with Gasteiger partial charge in [0, 0.05) is 18.9 Å². The Morgan fingerprint density at radius 3 is 2.67 bits per heavy atom. The first-order valence-corrected chi connectivity index (χ1v) is 7.35. The van der Waals surface area contributed by atoms with Crippen LogP contribution in [0.3, 0.4) is 0 Å². The summed E-state index contributed by atoms with van der Waals surface area (Å²) < 4.78 is 0. The van der Waals surface area contributed by atoms with Crippen LogP contribution in [0, 0.1) is 0 Å². The smallest absolute Gasteiger partial charge is 0.161 e. The number of anilines is 2. The molecule has 1 rings (SSSR count). The second kappa shape index (κ2) is 8.66. The number of nitrogens with one attached hydrogen (secondary N) is 2. The van der Waals surface area contributed by atoms with Crippen LogP contribution in [0.5, 0.6) is 0 Å². The van der Waals surface area contributed by atoms with Crippen LogP contribution in [-0.4, -0.2) is 34.7 Å². The molecule has 0 amide bonds. The van der Waals surface area contributed by atoms with Crippen molar-refractivity contribution in [3.8, 4) is 0 Å². The summed E-state index contributed by atoms with van der Waals surface area (Å²) in [6, 6.07) is 1.59. The molecule has 18 heavy (non-hydrogen) atoms. The van der Waals surface area contributed by atoms with E-state index in [-0.39, 0.29) is 6.61 Å². The summed E-state index contributed by atoms with van der Waals surface area (Å²) in [5, 5.41) is 12.6. The largest absolute Gasteiger partial charge is 0.396 e. The van der Waals surface area contributed by atoms with Crippen LogP contribution in [0.2, 0.25) is 10.0 Å². The fourth-order valence-corrected chi connectivity index (χ4v) is 2.47. The lowest BCUT2D eigenvalue weighted by Crippen LogP contribution is -2.12. The quantitative estimate of drug-likeness (QED) is 0.335. The summed E-state index contributed by atoms with van der Waals surface area (Å²) in [5.41, 5.74) is 2.41. The molecule has 5 nitrogen and oxygen atoms in total. The SMILES string of the molecule is NNc1nc(NCCSCCCO)c(Cl)cc1Cl. The van der Waals surface area contributed by atoms with Gasteiger partial charge >= 0.3 is 0 Å². The summed E-state index contributed by atoms with van der Waals surface area (Å²) in [4.78, 5) is 4.16. The van der Waals surface area contributed by atoms with Crippen molar-refractivity contribution in [1.82, 2.24) is 4.98 Å². The lowest BCUT2D eigenvalue weighted by Gasteiger charge is -2.10. The van der Waals surface area contributed by atoms with E-state index in [1.165, 1.54) is 0 Å². The molecule has 0 aromatic carbocycles. The van der Waals surface area contributed by atoms with Gasteiger partial charge in [0.15, 0.2) is 5.82 Å². The summed E-state index contributed by atoms with van der Waals surface area (Å²) in [5.74, 6) is 8.07. The van der Waals surface area contributed by atoms with Gasteiger partial charge in [0.25, 0.3) is 0 Å². The number of halogens is 2. The predicted octanol–water partition coefficient (Wildman–Crippen LogP) is 2.20. The molecule has 0 radical (unpaired) electrons. The van der Waals surface area contributed by atoms with Gasteiger partial charge in [-0.05, 0) is 18.2 Å². The number of hydrazine groups is 1. The van der Waals surface area contributed by atoms with Crippen molar-refractivity contribution in [2.45, 2.75) is 6.42 Å². The molecule has 0 unspecified atom stereocenters. The normalized spacial score (nSPS) is 10.4. The second-order valence-corrected chi connectivity index (χ2v) is 5.45. The second-order valence-electron chi connectivity index (χ2n) is 3.41. The molecule has 0 aliphatic heterocycles. The van der Waals surface area contributed by atoms with E-state index in [9.17, 15) is 0 Å². The maximum absolute atomic E-state index is 8.63. The number of hydrogen-bond donors (Lipinski definition) is 4. The predicted molar refractivity (Wildman–Crippen MR) is 79.6 cm³/mol. The van der Waals surface area contributed by atoms with Crippen LogP contribution in [-0.2, 0) is 0 Å². The summed E-state index contributed by atoms with van der Waals surface area (Å²) in [6.45, 7) is 0.963. The molecule has 0 fully saturated rings. The van der Waals surface area contributed by atoms with Gasteiger partial charge in [-0.1, -0.05) is 23.2 Å². The van der Waals surface area contributed by atoms with Crippen molar-refractivity contribution in [2.75, 3.05) is 35.4 Å². The van der Waals surface area contributed by atoms with Gasteiger partial charge in [0.05, 0.1) is 10.0 Å². The highest BCUT2D eigenvalue weighted by Gasteiger charge is 2.07. The number of rotatable bonds is 8. The monoisotopic (exact) mass is 310 g/mol. The highest BCUT2D eigenvalue weighted by atomic mass is 35.5. The van der Waals surface area contributed by atoms with E-state index >= 15 is 0 Å². The average Bonchev–Trinajstić information content (AvgIpc) is 2.36. The standard InChI is InChI=1S/C10H16Cl2N4OS/c11-7-6-8(12)10(16-13)15-9(7)14-2-5-18-4-1-3-17/h6,17H,1-5,13H2,(H2,14,15,16). The van der Waals surface area contributed by atoms with E-state index in [2.05, 4.69) is 15.7 Å². The number of hydrogen-bond acceptors (Lipinski definition) is 6. The molecule has 0 aliphatic carbocycles. The zero-order valence-electron chi connectivity index (χ0n) is 9.75. The number of aliphatic hydroxyl groups is 1. The van der Waals surface area contributed by atoms with Crippen molar-refractivity contribution < 1.29 is 5.11 Å². The molecule has 0 aliphatic rings. The Bertz CT molecular complexity index is 381. The third kappa shape index (κ3) is 5.07. The number of nitrogen functional groups attached to an aromatic ring is 1. The molecule has 0 saturated heterocycles. The van der Waals surface area contributed by atoms with Gasteiger partial charge in [0.1, 0.15) is 5.82 Å². The third-order valence-corrected chi connectivity index (χ3v) is 3.70. The van der Waals surface area contributed by atoms with Crippen LogP contribution in [0.15, 0.2) is 6.07 Å². The molecular formula is C10H16Cl2N4OS. The first kappa shape index (κ1) is 15.7. The van der Waals surface area contributed by atoms with E-state index in [1.54, 1.807) is 17.8 Å². The van der Waals surface area contributed by atoms with Crippen molar-refractivity contribution in [1.29, 1.82) is 0 Å². The number of pyridine rings is 1. The van der Waals surface area contributed by atoms with Gasteiger partial charge in [-0.2, -0.15) is 11.8 Å². The van der Waals surface area contributed by atoms with Crippen molar-refractivity contribution in [3.63, 3.8) is 0 Å². The molecule has 1 aromatic heterocycles. The van der Waals surface area contributed by atoms with Gasteiger partial charge in [0.2, 0.25) is 0 Å². The van der Waals surface area contributed by atoms with Crippen molar-refractivity contribution in [2.24, 2.45) is 5.84 Å². The first-order valence-electron chi connectivity index (χ1n) is 5.44. The Labute approximate surface area is 120 Å². The van der Waals surface area contributed by atoms with E-state index in [4.69, 9.17) is 34.2 Å². The minimum Gasteiger partial charge on any atom is -0.396 e. The van der Waals surface area contributed by atoms with Crippen LogP contribution < -0.4 is 16.6 Å². The Morgan fingerprint density at radius 2 is 2.00 bits per heavy atom. The molecule has 0 atom stereocenters. The Kier molecular flexibility index (Phi) is 7.53. The molecule has 0 saturated carbocycles. The van der Waals surface area contributed by atoms with Crippen LogP contribution in [0.4, 0.5) is 11.6 Å². The van der Waals surface area contributed by atoms with E-state index in [0.29, 0.717) is 21.7 Å². The lowest BCUT2D eigenvalue weighted by atomic mass is 10.4. The van der Waals surface area contributed by atoms with Crippen LogP contribution >= 0.6 is 35.0 Å². The Hall–Kier alpha value is -0.400. The minimum absolute atomic E-state index is 0.233. The fourth-order valence-electron chi connectivity index (χ4n) is 1.20. The average molecular weight is 311 g/mol. The first-order chi connectivity index (χ1) is 8.69. The summed E-state index contributed by atoms with van der Waals surface area (Å²) in [6.07, 6.45) is 0.811. The number of aliphatic hydroxyl groups excluding tert-OH is 1. The van der Waals surface area contributed by atoms with Gasteiger partial charge in [-0.15, -0.1) is 0 Å². The van der Waals surface area contributed by atoms with Gasteiger partial charge < -0.3 is 15.8 Å². The molecule has 1 aromatic rings. The number of nitrogens with two attached hydrogens (primary N) is 1. The van der Waals surface area contributed by atoms with Gasteiger partial charge in [-0.25, -0.2) is 10.8 Å². The fraction of sp³-hybridized carbons (Fsp3) is 0.500. The maximum Gasteiger partial charge on any atom is 0.161 e. The number of aromatic nitrogens is 1. The molecule has 1 heterocycles. The Balaban J connectivity index is 2.42. The molecule has 0 bridgehead atoms. The summed E-state index contributed by atoms with van der Waals surface area (Å²) in [7, 11) is 0. The molecular weight excluding hydrogens is 295 g/mol. The maximum atomic E-state index is 8.63. The highest BCUT2D eigenvalue weighted by molar-refractivity contribution is 7.99. The number of nitrogens with zero attached hydrogens (tertiary/aromatic N) is 1. The highest BCUT2D eigenvalue weighted by Crippen LogP contribution is 2.28. The molecule has 8 heteroatoms. The third-order valence-electron chi connectivity index (χ3n) is 2.05. The van der Waals surface area contributed by atoms with E-state index < -0.39 is 0 Å². The lowest BCUT2D eigenvalue weighted by molar-refractivity contribution is 0.296. The molecule has 0 spiro atoms. The number of thioether (sulfide) groups is 1. The van der Waals surface area contributed by atoms with Crippen LogP contribution in [0.25, 0.3) is 0 Å². The zero-order valence-corrected chi connectivity index (χ0v) is 12.1. The van der Waals surface area contributed by atoms with Crippen molar-refractivity contribution >= 4 is 46.6 Å². The minimum atomic E-state index is 0.233. The van der Waals surface area contributed by atoms with E-state index in [1.807, 2.05) is 0 Å². The molecule has 102 valence electrons. The Morgan fingerprint density at radius 1 is 1.28 bits per heavy atom. The van der Waals surface area contributed by atoms with E-state index in [0.717, 1.165) is 24.5 Å². The topological polar surface area (TPSA) is 83.2 Å². The zero-order chi connectivity index (χ0) is 13.4. The van der Waals surface area contributed by atoms with Crippen molar-refractivity contribution in [3.05, 3.63) is 16.1 Å². The summed E-state index contributed by atoms with van der Waals surface area (Å²) >= 11 is 13.6.